The van der Waals surface area contributed by atoms with Gasteiger partial charge in [-0.1, -0.05) is 19.8 Å². The lowest BCUT2D eigenvalue weighted by atomic mass is 9.76. The van der Waals surface area contributed by atoms with Crippen LogP contribution in [0.15, 0.2) is 0 Å². The number of carboxylic acids is 1. The third-order valence-corrected chi connectivity index (χ3v) is 2.99. The summed E-state index contributed by atoms with van der Waals surface area (Å²) in [5.41, 5.74) is 0. The lowest BCUT2D eigenvalue weighted by Gasteiger charge is -2.27. The molecule has 1 saturated carbocycles. The Hall–Kier alpha value is -0.860. The third kappa shape index (κ3) is 2.56. The fourth-order valence-corrected chi connectivity index (χ4v) is 2.24. The molecule has 14 heavy (non-hydrogen) atoms. The number of Topliss-reactive ketones (excluding diaryl/α,β-unsaturated/α-hetero) is 1. The first-order valence-electron chi connectivity index (χ1n) is 5.42. The standard InChI is InChI=1S/C11H18O3/c1-2-5-10(12)8-6-3-4-7-9(8)11(13)14/h8-9H,2-7H2,1H3,(H,13,14)/t8-,9-/m0/s1. The van der Waals surface area contributed by atoms with Crippen molar-refractivity contribution in [2.75, 3.05) is 0 Å². The minimum atomic E-state index is -0.792. The fourth-order valence-electron chi connectivity index (χ4n) is 2.24. The van der Waals surface area contributed by atoms with Crippen LogP contribution < -0.4 is 0 Å². The molecule has 1 aliphatic carbocycles. The molecule has 3 nitrogen and oxygen atoms in total. The average molecular weight is 198 g/mol. The quantitative estimate of drug-likeness (QED) is 0.753. The number of carboxylic acid groups (broad SMARTS) is 1. The van der Waals surface area contributed by atoms with Gasteiger partial charge in [0, 0.05) is 12.3 Å². The van der Waals surface area contributed by atoms with Crippen LogP contribution in [0.1, 0.15) is 45.4 Å². The average Bonchev–Trinajstić information content (AvgIpc) is 2.18. The fraction of sp³-hybridized carbons (Fsp3) is 0.818. The van der Waals surface area contributed by atoms with Crippen LogP contribution in [-0.4, -0.2) is 16.9 Å². The van der Waals surface area contributed by atoms with Gasteiger partial charge in [-0.2, -0.15) is 0 Å². The van der Waals surface area contributed by atoms with Crippen molar-refractivity contribution in [2.24, 2.45) is 11.8 Å². The second-order valence-electron chi connectivity index (χ2n) is 4.05. The highest BCUT2D eigenvalue weighted by atomic mass is 16.4. The topological polar surface area (TPSA) is 54.4 Å². The van der Waals surface area contributed by atoms with Crippen LogP contribution in [-0.2, 0) is 9.59 Å². The number of carbonyl (C=O) groups excluding carboxylic acids is 1. The summed E-state index contributed by atoms with van der Waals surface area (Å²) in [5, 5.41) is 8.97. The first kappa shape index (κ1) is 11.2. The molecule has 1 rings (SSSR count). The van der Waals surface area contributed by atoms with E-state index in [0.717, 1.165) is 25.7 Å². The van der Waals surface area contributed by atoms with Crippen LogP contribution in [0.3, 0.4) is 0 Å². The van der Waals surface area contributed by atoms with Crippen molar-refractivity contribution in [3.05, 3.63) is 0 Å². The van der Waals surface area contributed by atoms with Crippen LogP contribution in [0.5, 0.6) is 0 Å². The molecular weight excluding hydrogens is 180 g/mol. The Morgan fingerprint density at radius 3 is 2.29 bits per heavy atom. The molecule has 0 aromatic rings. The number of ketones is 1. The summed E-state index contributed by atoms with van der Waals surface area (Å²) in [6.45, 7) is 1.95. The van der Waals surface area contributed by atoms with Crippen LogP contribution in [0.4, 0.5) is 0 Å². The van der Waals surface area contributed by atoms with Gasteiger partial charge in [0.25, 0.3) is 0 Å². The molecule has 0 bridgehead atoms. The van der Waals surface area contributed by atoms with Crippen molar-refractivity contribution in [1.82, 2.24) is 0 Å². The van der Waals surface area contributed by atoms with Crippen molar-refractivity contribution >= 4 is 11.8 Å². The summed E-state index contributed by atoms with van der Waals surface area (Å²) in [7, 11) is 0. The van der Waals surface area contributed by atoms with Gasteiger partial charge >= 0.3 is 5.97 Å². The van der Waals surface area contributed by atoms with E-state index in [1.165, 1.54) is 0 Å². The normalized spacial score (nSPS) is 27.2. The predicted octanol–water partition coefficient (Wildman–Crippen LogP) is 2.25. The van der Waals surface area contributed by atoms with Crippen molar-refractivity contribution in [3.63, 3.8) is 0 Å². The van der Waals surface area contributed by atoms with Gasteiger partial charge in [0.05, 0.1) is 5.92 Å². The molecular formula is C11H18O3. The van der Waals surface area contributed by atoms with Crippen LogP contribution >= 0.6 is 0 Å². The Morgan fingerprint density at radius 2 is 1.79 bits per heavy atom. The summed E-state index contributed by atoms with van der Waals surface area (Å²) in [5.74, 6) is -1.26. The summed E-state index contributed by atoms with van der Waals surface area (Å²) in [6.07, 6.45) is 4.76. The molecule has 1 fully saturated rings. The van der Waals surface area contributed by atoms with Gasteiger partial charge in [-0.25, -0.2) is 0 Å². The highest BCUT2D eigenvalue weighted by Crippen LogP contribution is 2.31. The predicted molar refractivity (Wildman–Crippen MR) is 53.0 cm³/mol. The molecule has 0 unspecified atom stereocenters. The van der Waals surface area contributed by atoms with Gasteiger partial charge < -0.3 is 5.11 Å². The maximum atomic E-state index is 11.6. The van der Waals surface area contributed by atoms with E-state index >= 15 is 0 Å². The Labute approximate surface area is 84.5 Å². The Kier molecular flexibility index (Phi) is 4.11. The zero-order valence-electron chi connectivity index (χ0n) is 8.66. The Balaban J connectivity index is 2.62. The van der Waals surface area contributed by atoms with E-state index in [-0.39, 0.29) is 11.7 Å². The molecule has 2 atom stereocenters. The van der Waals surface area contributed by atoms with Crippen LogP contribution in [0.2, 0.25) is 0 Å². The molecule has 0 aromatic carbocycles. The Bertz CT molecular complexity index is 223. The van der Waals surface area contributed by atoms with E-state index in [4.69, 9.17) is 5.11 Å². The SMILES string of the molecule is CCCC(=O)[C@H]1CCCC[C@@H]1C(=O)O. The molecule has 80 valence electrons. The first-order chi connectivity index (χ1) is 6.66. The molecule has 3 heteroatoms. The molecule has 0 amide bonds. The van der Waals surface area contributed by atoms with Gasteiger partial charge in [0.1, 0.15) is 5.78 Å². The number of hydrogen-bond acceptors (Lipinski definition) is 2. The van der Waals surface area contributed by atoms with Gasteiger partial charge in [-0.05, 0) is 19.3 Å². The smallest absolute Gasteiger partial charge is 0.307 e. The van der Waals surface area contributed by atoms with Crippen molar-refractivity contribution in [2.45, 2.75) is 45.4 Å². The van der Waals surface area contributed by atoms with E-state index < -0.39 is 11.9 Å². The molecule has 0 heterocycles. The van der Waals surface area contributed by atoms with E-state index in [2.05, 4.69) is 0 Å². The maximum Gasteiger partial charge on any atom is 0.307 e. The minimum Gasteiger partial charge on any atom is -0.481 e. The molecule has 0 aromatic heterocycles. The van der Waals surface area contributed by atoms with Gasteiger partial charge in [0.2, 0.25) is 0 Å². The summed E-state index contributed by atoms with van der Waals surface area (Å²) >= 11 is 0. The molecule has 0 saturated heterocycles. The van der Waals surface area contributed by atoms with Gasteiger partial charge in [0.15, 0.2) is 0 Å². The summed E-state index contributed by atoms with van der Waals surface area (Å²) < 4.78 is 0. The minimum absolute atomic E-state index is 0.152. The van der Waals surface area contributed by atoms with Crippen molar-refractivity contribution in [1.29, 1.82) is 0 Å². The van der Waals surface area contributed by atoms with Gasteiger partial charge in [-0.3, -0.25) is 9.59 Å². The summed E-state index contributed by atoms with van der Waals surface area (Å²) in [4.78, 5) is 22.6. The number of carbonyl (C=O) groups is 2. The first-order valence-corrected chi connectivity index (χ1v) is 5.42. The molecule has 1 aliphatic rings. The molecule has 1 N–H and O–H groups in total. The lowest BCUT2D eigenvalue weighted by molar-refractivity contribution is -0.148. The van der Waals surface area contributed by atoms with Crippen LogP contribution in [0.25, 0.3) is 0 Å². The Morgan fingerprint density at radius 1 is 1.21 bits per heavy atom. The molecule has 0 spiro atoms. The van der Waals surface area contributed by atoms with Crippen molar-refractivity contribution < 1.29 is 14.7 Å². The number of hydrogen-bond donors (Lipinski definition) is 1. The third-order valence-electron chi connectivity index (χ3n) is 2.99. The summed E-state index contributed by atoms with van der Waals surface area (Å²) in [6, 6.07) is 0. The van der Waals surface area contributed by atoms with E-state index in [9.17, 15) is 9.59 Å². The van der Waals surface area contributed by atoms with E-state index in [1.807, 2.05) is 6.92 Å². The maximum absolute atomic E-state index is 11.6. The highest BCUT2D eigenvalue weighted by molar-refractivity contribution is 5.86. The largest absolute Gasteiger partial charge is 0.481 e. The highest BCUT2D eigenvalue weighted by Gasteiger charge is 2.34. The monoisotopic (exact) mass is 198 g/mol. The van der Waals surface area contributed by atoms with E-state index in [0.29, 0.717) is 12.8 Å². The van der Waals surface area contributed by atoms with Gasteiger partial charge in [-0.15, -0.1) is 0 Å². The van der Waals surface area contributed by atoms with Crippen LogP contribution in [0, 0.1) is 11.8 Å². The second kappa shape index (κ2) is 5.13. The molecule has 0 radical (unpaired) electrons. The molecule has 0 aliphatic heterocycles. The lowest BCUT2D eigenvalue weighted by Crippen LogP contribution is -2.32. The van der Waals surface area contributed by atoms with Crippen molar-refractivity contribution in [3.8, 4) is 0 Å². The van der Waals surface area contributed by atoms with E-state index in [1.54, 1.807) is 0 Å². The second-order valence-corrected chi connectivity index (χ2v) is 4.05. The zero-order valence-corrected chi connectivity index (χ0v) is 8.66. The zero-order chi connectivity index (χ0) is 10.6. The number of aliphatic carboxylic acids is 1. The number of rotatable bonds is 4.